The van der Waals surface area contributed by atoms with Crippen molar-refractivity contribution in [1.29, 1.82) is 0 Å². The van der Waals surface area contributed by atoms with E-state index in [1.165, 1.54) is 33.6 Å². The zero-order valence-electron chi connectivity index (χ0n) is 12.9. The van der Waals surface area contributed by atoms with Gasteiger partial charge in [0.05, 0.1) is 0 Å². The molecule has 3 rings (SSSR count). The predicted octanol–water partition coefficient (Wildman–Crippen LogP) is 4.66. The maximum absolute atomic E-state index is 3.63. The van der Waals surface area contributed by atoms with Crippen molar-refractivity contribution in [3.8, 4) is 11.1 Å². The van der Waals surface area contributed by atoms with E-state index in [0.29, 0.717) is 6.04 Å². The Labute approximate surface area is 132 Å². The van der Waals surface area contributed by atoms with Crippen LogP contribution in [0.25, 0.3) is 11.1 Å². The van der Waals surface area contributed by atoms with Crippen molar-refractivity contribution in [2.45, 2.75) is 26.3 Å². The number of nitrogens with one attached hydrogen (secondary N) is 1. The van der Waals surface area contributed by atoms with Gasteiger partial charge in [-0.25, -0.2) is 0 Å². The molecule has 1 aliphatic rings. The highest BCUT2D eigenvalue weighted by atomic mass is 32.2. The molecule has 21 heavy (non-hydrogen) atoms. The summed E-state index contributed by atoms with van der Waals surface area (Å²) < 4.78 is 0. The van der Waals surface area contributed by atoms with Gasteiger partial charge in [0.15, 0.2) is 0 Å². The van der Waals surface area contributed by atoms with Crippen molar-refractivity contribution < 1.29 is 0 Å². The van der Waals surface area contributed by atoms with E-state index in [1.54, 1.807) is 0 Å². The van der Waals surface area contributed by atoms with Gasteiger partial charge in [-0.3, -0.25) is 0 Å². The minimum absolute atomic E-state index is 0.467. The summed E-state index contributed by atoms with van der Waals surface area (Å²) in [6.45, 7) is 5.44. The lowest BCUT2D eigenvalue weighted by Gasteiger charge is -2.19. The molecule has 110 valence electrons. The second-order valence-corrected chi connectivity index (χ2v) is 6.84. The van der Waals surface area contributed by atoms with E-state index in [4.69, 9.17) is 0 Å². The molecule has 1 unspecified atom stereocenters. The molecule has 0 saturated heterocycles. The minimum Gasteiger partial charge on any atom is -0.310 e. The van der Waals surface area contributed by atoms with Crippen LogP contribution in [0.3, 0.4) is 0 Å². The number of hydrogen-bond acceptors (Lipinski definition) is 2. The van der Waals surface area contributed by atoms with Crippen LogP contribution >= 0.6 is 11.8 Å². The van der Waals surface area contributed by atoms with Crippen LogP contribution in [0, 0.1) is 0 Å². The van der Waals surface area contributed by atoms with Crippen LogP contribution < -0.4 is 5.32 Å². The highest BCUT2D eigenvalue weighted by Gasteiger charge is 2.19. The van der Waals surface area contributed by atoms with Gasteiger partial charge in [0, 0.05) is 11.8 Å². The van der Waals surface area contributed by atoms with Crippen LogP contribution in [0.4, 0.5) is 0 Å². The molecule has 0 saturated carbocycles. The van der Waals surface area contributed by atoms with Crippen LogP contribution in [0.2, 0.25) is 0 Å². The predicted molar refractivity (Wildman–Crippen MR) is 94.1 cm³/mol. The maximum atomic E-state index is 3.63. The van der Waals surface area contributed by atoms with Crippen LogP contribution in [-0.2, 0) is 6.42 Å². The van der Waals surface area contributed by atoms with Gasteiger partial charge in [-0.1, -0.05) is 56.3 Å². The van der Waals surface area contributed by atoms with E-state index in [-0.39, 0.29) is 0 Å². The first-order valence-electron chi connectivity index (χ1n) is 7.85. The first-order chi connectivity index (χ1) is 10.3. The summed E-state index contributed by atoms with van der Waals surface area (Å²) in [5, 5.41) is 3.63. The van der Waals surface area contributed by atoms with Crippen LogP contribution in [0.15, 0.2) is 42.5 Å². The molecular weight excluding hydrogens is 274 g/mol. The lowest BCUT2D eigenvalue weighted by Crippen LogP contribution is -2.23. The minimum atomic E-state index is 0.467. The molecule has 2 aromatic rings. The highest BCUT2D eigenvalue weighted by Crippen LogP contribution is 2.37. The molecule has 0 aliphatic heterocycles. The van der Waals surface area contributed by atoms with Gasteiger partial charge < -0.3 is 5.32 Å². The molecule has 0 heterocycles. The van der Waals surface area contributed by atoms with Gasteiger partial charge in [-0.15, -0.1) is 0 Å². The van der Waals surface area contributed by atoms with E-state index in [2.05, 4.69) is 61.6 Å². The Morgan fingerprint density at radius 3 is 2.67 bits per heavy atom. The molecule has 0 aromatic heterocycles. The third kappa shape index (κ3) is 3.02. The van der Waals surface area contributed by atoms with Crippen molar-refractivity contribution >= 4 is 11.8 Å². The molecule has 0 radical (unpaired) electrons. The molecule has 2 aromatic carbocycles. The third-order valence-electron chi connectivity index (χ3n) is 4.16. The Bertz CT molecular complexity index is 621. The van der Waals surface area contributed by atoms with Gasteiger partial charge in [0.25, 0.3) is 0 Å². The van der Waals surface area contributed by atoms with Crippen molar-refractivity contribution in [3.63, 3.8) is 0 Å². The van der Waals surface area contributed by atoms with Crippen molar-refractivity contribution in [1.82, 2.24) is 5.32 Å². The maximum Gasteiger partial charge on any atom is 0.0411 e. The Morgan fingerprint density at radius 1 is 1.05 bits per heavy atom. The smallest absolute Gasteiger partial charge is 0.0411 e. The zero-order valence-corrected chi connectivity index (χ0v) is 13.7. The Morgan fingerprint density at radius 2 is 1.86 bits per heavy atom. The molecule has 0 spiro atoms. The van der Waals surface area contributed by atoms with Gasteiger partial charge in [-0.05, 0) is 46.5 Å². The lowest BCUT2D eigenvalue weighted by atomic mass is 10.0. The van der Waals surface area contributed by atoms with E-state index in [9.17, 15) is 0 Å². The summed E-state index contributed by atoms with van der Waals surface area (Å²) in [6.07, 6.45) is 1.08. The second-order valence-electron chi connectivity index (χ2n) is 5.52. The van der Waals surface area contributed by atoms with Crippen LogP contribution in [0.5, 0.6) is 0 Å². The number of thioether (sulfide) groups is 1. The average molecular weight is 297 g/mol. The van der Waals surface area contributed by atoms with E-state index >= 15 is 0 Å². The van der Waals surface area contributed by atoms with E-state index in [1.807, 2.05) is 11.8 Å². The molecule has 1 N–H and O–H groups in total. The topological polar surface area (TPSA) is 12.0 Å². The molecule has 1 nitrogen and oxygen atoms in total. The molecule has 0 bridgehead atoms. The number of rotatable bonds is 6. The molecule has 1 aliphatic carbocycles. The molecular formula is C19H23NS. The summed E-state index contributed by atoms with van der Waals surface area (Å²) in [5.41, 5.74) is 7.23. The van der Waals surface area contributed by atoms with Crippen molar-refractivity contribution in [3.05, 3.63) is 59.2 Å². The largest absolute Gasteiger partial charge is 0.310 e. The monoisotopic (exact) mass is 297 g/mol. The van der Waals surface area contributed by atoms with Crippen molar-refractivity contribution in [2.75, 3.05) is 18.1 Å². The summed E-state index contributed by atoms with van der Waals surface area (Å²) in [7, 11) is 0. The van der Waals surface area contributed by atoms with Gasteiger partial charge in [0.2, 0.25) is 0 Å². The van der Waals surface area contributed by atoms with Gasteiger partial charge in [0.1, 0.15) is 0 Å². The van der Waals surface area contributed by atoms with Gasteiger partial charge in [-0.2, -0.15) is 11.8 Å². The first-order valence-corrected chi connectivity index (χ1v) is 9.01. The number of hydrogen-bond donors (Lipinski definition) is 1. The van der Waals surface area contributed by atoms with Gasteiger partial charge >= 0.3 is 0 Å². The summed E-state index contributed by atoms with van der Waals surface area (Å²) in [4.78, 5) is 0. The highest BCUT2D eigenvalue weighted by molar-refractivity contribution is 7.99. The van der Waals surface area contributed by atoms with Crippen LogP contribution in [-0.4, -0.2) is 18.1 Å². The summed E-state index contributed by atoms with van der Waals surface area (Å²) >= 11 is 2.01. The lowest BCUT2D eigenvalue weighted by molar-refractivity contribution is 0.605. The number of benzene rings is 2. The van der Waals surface area contributed by atoms with Crippen molar-refractivity contribution in [2.24, 2.45) is 0 Å². The quantitative estimate of drug-likeness (QED) is 0.710. The van der Waals surface area contributed by atoms with E-state index < -0.39 is 0 Å². The first kappa shape index (κ1) is 14.7. The molecule has 0 fully saturated rings. The third-order valence-corrected chi connectivity index (χ3v) is 5.14. The normalized spacial score (nSPS) is 13.8. The molecule has 0 amide bonds. The Balaban J connectivity index is 1.88. The Kier molecular flexibility index (Phi) is 4.67. The van der Waals surface area contributed by atoms with E-state index in [0.717, 1.165) is 18.7 Å². The fourth-order valence-corrected chi connectivity index (χ4v) is 3.92. The zero-order chi connectivity index (χ0) is 14.7. The molecule has 2 heteroatoms. The summed E-state index contributed by atoms with van der Waals surface area (Å²) in [5.74, 6) is 2.33. The average Bonchev–Trinajstić information content (AvgIpc) is 2.89. The van der Waals surface area contributed by atoms with Crippen LogP contribution in [0.1, 0.15) is 36.6 Å². The SMILES string of the molecule is CCNC(CSCC)c1ccc2c(c1)Cc1ccccc1-2. The molecule has 1 atom stereocenters. The second kappa shape index (κ2) is 6.67. The Hall–Kier alpha value is -1.25. The summed E-state index contributed by atoms with van der Waals surface area (Å²) in [6, 6.07) is 16.3. The number of fused-ring (bicyclic) bond motifs is 3. The fraction of sp³-hybridized carbons (Fsp3) is 0.368. The standard InChI is InChI=1S/C19H23NS/c1-3-20-19(13-21-4-2)15-9-10-18-16(12-15)11-14-7-5-6-8-17(14)18/h5-10,12,19-20H,3-4,11,13H2,1-2H3. The fourth-order valence-electron chi connectivity index (χ4n) is 3.14.